The monoisotopic (exact) mass is 262 g/mol. The van der Waals surface area contributed by atoms with Crippen molar-refractivity contribution in [2.45, 2.75) is 6.54 Å². The van der Waals surface area contributed by atoms with Gasteiger partial charge < -0.3 is 5.11 Å². The number of hydrogen-bond donors (Lipinski definition) is 1. The Balaban J connectivity index is 1.91. The fraction of sp³-hybridized carbons (Fsp3) is 0.0588. The lowest BCUT2D eigenvalue weighted by molar-refractivity contribution is 0.469. The van der Waals surface area contributed by atoms with Gasteiger partial charge >= 0.3 is 0 Å². The van der Waals surface area contributed by atoms with Gasteiger partial charge in [-0.05, 0) is 29.0 Å². The second-order valence-corrected chi connectivity index (χ2v) is 4.52. The molecule has 0 aliphatic rings. The fourth-order valence-corrected chi connectivity index (χ4v) is 2.17. The number of rotatable bonds is 3. The maximum absolute atomic E-state index is 10.0. The van der Waals surface area contributed by atoms with E-state index in [1.165, 1.54) is 0 Å². The Morgan fingerprint density at radius 1 is 0.800 bits per heavy atom. The van der Waals surface area contributed by atoms with E-state index in [4.69, 9.17) is 0 Å². The van der Waals surface area contributed by atoms with Gasteiger partial charge in [0.2, 0.25) is 0 Å². The molecular weight excluding hydrogens is 248 g/mol. The summed E-state index contributed by atoms with van der Waals surface area (Å²) in [4.78, 5) is 0. The van der Waals surface area contributed by atoms with Crippen LogP contribution in [0, 0.1) is 0 Å². The fourth-order valence-electron chi connectivity index (χ4n) is 2.17. The van der Waals surface area contributed by atoms with Gasteiger partial charge in [-0.1, -0.05) is 48.5 Å². The topological polar surface area (TPSA) is 45.0 Å². The van der Waals surface area contributed by atoms with E-state index in [0.717, 1.165) is 22.0 Å². The molecule has 3 heteroatoms. The Morgan fingerprint density at radius 3 is 2.40 bits per heavy atom. The van der Waals surface area contributed by atoms with Crippen molar-refractivity contribution in [3.63, 3.8) is 0 Å². The first kappa shape index (κ1) is 12.4. The largest absolute Gasteiger partial charge is 0.508 e. The van der Waals surface area contributed by atoms with E-state index in [1.807, 2.05) is 60.7 Å². The molecule has 0 amide bonds. The van der Waals surface area contributed by atoms with Gasteiger partial charge in [0.1, 0.15) is 5.75 Å². The SMILES string of the molecule is Oc1ccc2ccccc2c1CN=Nc1ccccc1. The maximum Gasteiger partial charge on any atom is 0.121 e. The van der Waals surface area contributed by atoms with Gasteiger partial charge in [-0.2, -0.15) is 10.2 Å². The molecule has 98 valence electrons. The molecule has 1 N–H and O–H groups in total. The van der Waals surface area contributed by atoms with Crippen molar-refractivity contribution in [3.8, 4) is 5.75 Å². The van der Waals surface area contributed by atoms with Crippen LogP contribution in [-0.2, 0) is 6.54 Å². The number of aromatic hydroxyl groups is 1. The number of benzene rings is 3. The van der Waals surface area contributed by atoms with E-state index in [0.29, 0.717) is 6.54 Å². The molecule has 0 fully saturated rings. The lowest BCUT2D eigenvalue weighted by Crippen LogP contribution is -1.85. The zero-order chi connectivity index (χ0) is 13.8. The van der Waals surface area contributed by atoms with Crippen LogP contribution in [0.3, 0.4) is 0 Å². The normalized spacial score (nSPS) is 11.2. The van der Waals surface area contributed by atoms with Crippen LogP contribution in [0.25, 0.3) is 10.8 Å². The van der Waals surface area contributed by atoms with Gasteiger partial charge in [0.25, 0.3) is 0 Å². The third-order valence-electron chi connectivity index (χ3n) is 3.19. The average Bonchev–Trinajstić information content (AvgIpc) is 2.50. The Morgan fingerprint density at radius 2 is 1.55 bits per heavy atom. The quantitative estimate of drug-likeness (QED) is 0.675. The van der Waals surface area contributed by atoms with Gasteiger partial charge in [-0.3, -0.25) is 0 Å². The van der Waals surface area contributed by atoms with E-state index in [2.05, 4.69) is 10.2 Å². The molecule has 0 saturated heterocycles. The summed E-state index contributed by atoms with van der Waals surface area (Å²) in [5, 5.41) is 20.5. The summed E-state index contributed by atoms with van der Waals surface area (Å²) in [5.74, 6) is 0.260. The van der Waals surface area contributed by atoms with Gasteiger partial charge in [0, 0.05) is 5.56 Å². The number of phenols is 1. The van der Waals surface area contributed by atoms with Crippen molar-refractivity contribution in [2.75, 3.05) is 0 Å². The summed E-state index contributed by atoms with van der Waals surface area (Å²) in [6.07, 6.45) is 0. The zero-order valence-corrected chi connectivity index (χ0v) is 10.9. The lowest BCUT2D eigenvalue weighted by Gasteiger charge is -2.06. The maximum atomic E-state index is 10.0. The van der Waals surface area contributed by atoms with Crippen LogP contribution >= 0.6 is 0 Å². The van der Waals surface area contributed by atoms with Crippen molar-refractivity contribution >= 4 is 16.5 Å². The summed E-state index contributed by atoms with van der Waals surface area (Å²) in [6.45, 7) is 0.363. The minimum absolute atomic E-state index is 0.260. The van der Waals surface area contributed by atoms with E-state index in [9.17, 15) is 5.11 Å². The standard InChI is InChI=1S/C17H14N2O/c20-17-11-10-13-6-4-5-9-15(13)16(17)12-18-19-14-7-2-1-3-8-14/h1-11,20H,12H2. The second-order valence-electron chi connectivity index (χ2n) is 4.52. The first-order valence-corrected chi connectivity index (χ1v) is 6.47. The molecule has 0 bridgehead atoms. The zero-order valence-electron chi connectivity index (χ0n) is 10.9. The number of fused-ring (bicyclic) bond motifs is 1. The van der Waals surface area contributed by atoms with Crippen molar-refractivity contribution in [3.05, 3.63) is 72.3 Å². The summed E-state index contributed by atoms with van der Waals surface area (Å²) < 4.78 is 0. The Bertz CT molecular complexity index is 751. The highest BCUT2D eigenvalue weighted by Crippen LogP contribution is 2.28. The van der Waals surface area contributed by atoms with Crippen molar-refractivity contribution in [1.29, 1.82) is 0 Å². The molecular formula is C17H14N2O. The molecule has 3 aromatic rings. The summed E-state index contributed by atoms with van der Waals surface area (Å²) in [6, 6.07) is 21.1. The molecule has 3 rings (SSSR count). The van der Waals surface area contributed by atoms with E-state index < -0.39 is 0 Å². The molecule has 0 aromatic heterocycles. The number of hydrogen-bond acceptors (Lipinski definition) is 3. The molecule has 0 atom stereocenters. The van der Waals surface area contributed by atoms with Crippen LogP contribution in [0.4, 0.5) is 5.69 Å². The number of nitrogens with zero attached hydrogens (tertiary/aromatic N) is 2. The molecule has 0 aliphatic heterocycles. The number of azo groups is 1. The minimum atomic E-state index is 0.260. The molecule has 0 heterocycles. The lowest BCUT2D eigenvalue weighted by atomic mass is 10.0. The first-order chi connectivity index (χ1) is 9.84. The molecule has 0 unspecified atom stereocenters. The molecule has 0 aliphatic carbocycles. The Kier molecular flexibility index (Phi) is 3.42. The van der Waals surface area contributed by atoms with Gasteiger partial charge in [0.05, 0.1) is 12.2 Å². The predicted octanol–water partition coefficient (Wildman–Crippen LogP) is 4.83. The molecule has 3 aromatic carbocycles. The van der Waals surface area contributed by atoms with Crippen molar-refractivity contribution < 1.29 is 5.11 Å². The summed E-state index contributed by atoms with van der Waals surface area (Å²) in [5.41, 5.74) is 1.62. The highest BCUT2D eigenvalue weighted by molar-refractivity contribution is 5.87. The van der Waals surface area contributed by atoms with Crippen molar-refractivity contribution in [1.82, 2.24) is 0 Å². The van der Waals surface area contributed by atoms with E-state index >= 15 is 0 Å². The highest BCUT2D eigenvalue weighted by Gasteiger charge is 2.05. The molecule has 3 nitrogen and oxygen atoms in total. The average molecular weight is 262 g/mol. The van der Waals surface area contributed by atoms with Gasteiger partial charge in [-0.25, -0.2) is 0 Å². The van der Waals surface area contributed by atoms with Crippen LogP contribution in [0.15, 0.2) is 77.0 Å². The molecule has 0 spiro atoms. The second kappa shape index (κ2) is 5.53. The van der Waals surface area contributed by atoms with E-state index in [-0.39, 0.29) is 5.75 Å². The van der Waals surface area contributed by atoms with Gasteiger partial charge in [0.15, 0.2) is 0 Å². The summed E-state index contributed by atoms with van der Waals surface area (Å²) >= 11 is 0. The number of phenolic OH excluding ortho intramolecular Hbond substituents is 1. The predicted molar refractivity (Wildman–Crippen MR) is 80.3 cm³/mol. The smallest absolute Gasteiger partial charge is 0.121 e. The third kappa shape index (κ3) is 2.52. The van der Waals surface area contributed by atoms with Crippen LogP contribution in [0.2, 0.25) is 0 Å². The molecule has 0 saturated carbocycles. The molecule has 0 radical (unpaired) electrons. The Labute approximate surface area is 117 Å². The summed E-state index contributed by atoms with van der Waals surface area (Å²) in [7, 11) is 0. The van der Waals surface area contributed by atoms with Crippen LogP contribution in [0.1, 0.15) is 5.56 Å². The third-order valence-corrected chi connectivity index (χ3v) is 3.19. The highest BCUT2D eigenvalue weighted by atomic mass is 16.3. The van der Waals surface area contributed by atoms with Crippen LogP contribution in [-0.4, -0.2) is 5.11 Å². The first-order valence-electron chi connectivity index (χ1n) is 6.47. The van der Waals surface area contributed by atoms with Gasteiger partial charge in [-0.15, -0.1) is 0 Å². The van der Waals surface area contributed by atoms with Crippen LogP contribution < -0.4 is 0 Å². The van der Waals surface area contributed by atoms with E-state index in [1.54, 1.807) is 6.07 Å². The van der Waals surface area contributed by atoms with Crippen LogP contribution in [0.5, 0.6) is 5.75 Å². The Hall–Kier alpha value is -2.68. The van der Waals surface area contributed by atoms with Crippen molar-refractivity contribution in [2.24, 2.45) is 10.2 Å². The molecule has 20 heavy (non-hydrogen) atoms. The minimum Gasteiger partial charge on any atom is -0.508 e.